The number of likely N-dealkylation sites (tertiary alicyclic amines) is 1. The Morgan fingerprint density at radius 1 is 1.08 bits per heavy atom. The minimum atomic E-state index is -5.14. The van der Waals surface area contributed by atoms with Crippen molar-refractivity contribution in [3.63, 3.8) is 0 Å². The molecule has 5 rings (SSSR count). The fourth-order valence-electron chi connectivity index (χ4n) is 5.98. The van der Waals surface area contributed by atoms with E-state index in [0.717, 1.165) is 25.7 Å². The third-order valence-electron chi connectivity index (χ3n) is 8.01. The van der Waals surface area contributed by atoms with Gasteiger partial charge in [0.25, 0.3) is 0 Å². The van der Waals surface area contributed by atoms with E-state index >= 15 is 0 Å². The number of alkyl halides is 3. The van der Waals surface area contributed by atoms with Gasteiger partial charge in [-0.05, 0) is 37.0 Å². The molecule has 10 nitrogen and oxygen atoms in total. The van der Waals surface area contributed by atoms with Gasteiger partial charge in [0.15, 0.2) is 6.04 Å². The second-order valence-electron chi connectivity index (χ2n) is 10.7. The second kappa shape index (κ2) is 10.4. The van der Waals surface area contributed by atoms with Crippen molar-refractivity contribution in [2.45, 2.75) is 62.8 Å². The highest BCUT2D eigenvalue weighted by atomic mass is 19.4. The molecule has 1 aromatic carbocycles. The van der Waals surface area contributed by atoms with Crippen LogP contribution in [0, 0.1) is 17.8 Å². The quantitative estimate of drug-likeness (QED) is 0.460. The Balaban J connectivity index is 1.42. The third kappa shape index (κ3) is 5.52. The molecule has 1 aliphatic heterocycles. The minimum absolute atomic E-state index is 0.0195. The van der Waals surface area contributed by atoms with Crippen molar-refractivity contribution in [1.29, 1.82) is 0 Å². The standard InChI is InChI=1S/C26H29F3N6O4/c27-26(28,29)25(39)32-18(10-13-8-9-13)24(38)35-12-15-5-3-7-17(15)21(35)23(37)33-20(22(30)36)19-16-6-2-1-4-14(16)11-31-34-19/h1-2,4,6,11,13,15,17-18,20-21H,3,5,7-10,12H2,(H2,30,36)(H,32,39)(H,33,37)/t15-,17-,18-,20?,21-/m0/s1. The zero-order valence-corrected chi connectivity index (χ0v) is 21.0. The highest BCUT2D eigenvalue weighted by molar-refractivity contribution is 5.97. The summed E-state index contributed by atoms with van der Waals surface area (Å²) in [7, 11) is 0. The molecule has 13 heteroatoms. The predicted octanol–water partition coefficient (Wildman–Crippen LogP) is 1.75. The van der Waals surface area contributed by atoms with Crippen LogP contribution in [0.1, 0.15) is 50.3 Å². The summed E-state index contributed by atoms with van der Waals surface area (Å²) < 4.78 is 39.1. The van der Waals surface area contributed by atoms with Gasteiger partial charge >= 0.3 is 12.1 Å². The molecule has 4 amide bonds. The number of hydrogen-bond donors (Lipinski definition) is 3. The Labute approximate surface area is 221 Å². The first-order valence-electron chi connectivity index (χ1n) is 13.0. The minimum Gasteiger partial charge on any atom is -0.368 e. The van der Waals surface area contributed by atoms with Crippen LogP contribution in [0.25, 0.3) is 10.8 Å². The van der Waals surface area contributed by atoms with E-state index in [1.54, 1.807) is 24.3 Å². The van der Waals surface area contributed by atoms with E-state index in [9.17, 15) is 32.3 Å². The molecule has 2 aromatic rings. The van der Waals surface area contributed by atoms with Gasteiger partial charge in [0.05, 0.1) is 6.20 Å². The van der Waals surface area contributed by atoms with Crippen LogP contribution in [-0.4, -0.2) is 63.5 Å². The monoisotopic (exact) mass is 546 g/mol. The van der Waals surface area contributed by atoms with Crippen molar-refractivity contribution in [3.05, 3.63) is 36.2 Å². The highest BCUT2D eigenvalue weighted by Gasteiger charge is 2.52. The van der Waals surface area contributed by atoms with Crippen LogP contribution in [0.15, 0.2) is 30.5 Å². The summed E-state index contributed by atoms with van der Waals surface area (Å²) in [5.74, 6) is -4.67. The van der Waals surface area contributed by atoms with Crippen LogP contribution in [0.2, 0.25) is 0 Å². The number of rotatable bonds is 8. The summed E-state index contributed by atoms with van der Waals surface area (Å²) in [4.78, 5) is 52.9. The smallest absolute Gasteiger partial charge is 0.368 e. The molecule has 1 aromatic heterocycles. The number of nitrogens with two attached hydrogens (primary N) is 1. The van der Waals surface area contributed by atoms with E-state index in [4.69, 9.17) is 5.73 Å². The number of primary amides is 1. The van der Waals surface area contributed by atoms with Gasteiger partial charge in [-0.2, -0.15) is 23.4 Å². The molecule has 0 spiro atoms. The Morgan fingerprint density at radius 3 is 2.51 bits per heavy atom. The molecular formula is C26H29F3N6O4. The van der Waals surface area contributed by atoms with E-state index in [0.29, 0.717) is 17.2 Å². The number of nitrogens with one attached hydrogen (secondary N) is 2. The number of aromatic nitrogens is 2. The molecule has 2 heterocycles. The first kappa shape index (κ1) is 26.8. The predicted molar refractivity (Wildman–Crippen MR) is 131 cm³/mol. The molecule has 3 fully saturated rings. The van der Waals surface area contributed by atoms with Crippen molar-refractivity contribution >= 4 is 34.4 Å². The number of benzene rings is 1. The molecule has 1 saturated heterocycles. The zero-order chi connectivity index (χ0) is 27.9. The van der Waals surface area contributed by atoms with E-state index in [2.05, 4.69) is 15.5 Å². The van der Waals surface area contributed by atoms with E-state index in [1.165, 1.54) is 11.1 Å². The Bertz CT molecular complexity index is 1290. The summed E-state index contributed by atoms with van der Waals surface area (Å²) in [6.45, 7) is 0.181. The lowest BCUT2D eigenvalue weighted by molar-refractivity contribution is -0.175. The second-order valence-corrected chi connectivity index (χ2v) is 10.7. The highest BCUT2D eigenvalue weighted by Crippen LogP contribution is 2.43. The summed E-state index contributed by atoms with van der Waals surface area (Å²) in [6.07, 6.45) is 0.184. The summed E-state index contributed by atoms with van der Waals surface area (Å²) in [6, 6.07) is 3.22. The van der Waals surface area contributed by atoms with Crippen LogP contribution >= 0.6 is 0 Å². The molecule has 4 N–H and O–H groups in total. The molecule has 208 valence electrons. The van der Waals surface area contributed by atoms with Gasteiger partial charge in [0.1, 0.15) is 17.8 Å². The molecule has 1 unspecified atom stereocenters. The Morgan fingerprint density at radius 2 is 1.82 bits per heavy atom. The first-order valence-corrected chi connectivity index (χ1v) is 13.0. The maximum atomic E-state index is 13.7. The van der Waals surface area contributed by atoms with Gasteiger partial charge in [-0.1, -0.05) is 43.5 Å². The van der Waals surface area contributed by atoms with Crippen molar-refractivity contribution in [3.8, 4) is 0 Å². The van der Waals surface area contributed by atoms with Gasteiger partial charge in [-0.25, -0.2) is 0 Å². The normalized spacial score (nSPS) is 24.2. The molecule has 2 aliphatic carbocycles. The van der Waals surface area contributed by atoms with Gasteiger partial charge in [-0.15, -0.1) is 0 Å². The Hall–Kier alpha value is -3.77. The summed E-state index contributed by atoms with van der Waals surface area (Å²) in [5.41, 5.74) is 5.81. The maximum absolute atomic E-state index is 13.7. The maximum Gasteiger partial charge on any atom is 0.471 e. The van der Waals surface area contributed by atoms with Crippen LogP contribution < -0.4 is 16.4 Å². The molecule has 3 aliphatic rings. The van der Waals surface area contributed by atoms with Crippen molar-refractivity contribution < 1.29 is 32.3 Å². The average molecular weight is 547 g/mol. The van der Waals surface area contributed by atoms with Crippen LogP contribution in [0.5, 0.6) is 0 Å². The van der Waals surface area contributed by atoms with E-state index < -0.39 is 47.9 Å². The van der Waals surface area contributed by atoms with Gasteiger partial charge in [-0.3, -0.25) is 19.2 Å². The van der Waals surface area contributed by atoms with Gasteiger partial charge < -0.3 is 21.3 Å². The molecule has 39 heavy (non-hydrogen) atoms. The number of fused-ring (bicyclic) bond motifs is 2. The average Bonchev–Trinajstić information content (AvgIpc) is 3.47. The number of carbonyl (C=O) groups is 4. The number of amides is 4. The first-order chi connectivity index (χ1) is 18.5. The van der Waals surface area contributed by atoms with Crippen molar-refractivity contribution in [2.24, 2.45) is 23.5 Å². The molecule has 2 saturated carbocycles. The van der Waals surface area contributed by atoms with Crippen LogP contribution in [0.4, 0.5) is 13.2 Å². The van der Waals surface area contributed by atoms with E-state index in [1.807, 2.05) is 5.32 Å². The van der Waals surface area contributed by atoms with Gasteiger partial charge in [0, 0.05) is 17.3 Å². The van der Waals surface area contributed by atoms with Crippen LogP contribution in [0.3, 0.4) is 0 Å². The van der Waals surface area contributed by atoms with E-state index in [-0.39, 0.29) is 36.4 Å². The topological polar surface area (TPSA) is 147 Å². The SMILES string of the molecule is NC(=O)C(NC(=O)[C@@H]1[C@H]2CCC[C@H]2CN1C(=O)[C@H](CC1CC1)NC(=O)C(F)(F)F)c1nncc2ccccc12. The van der Waals surface area contributed by atoms with Crippen LogP contribution in [-0.2, 0) is 19.2 Å². The number of hydrogen-bond acceptors (Lipinski definition) is 6. The third-order valence-corrected chi connectivity index (χ3v) is 8.01. The van der Waals surface area contributed by atoms with Gasteiger partial charge in [0.2, 0.25) is 17.7 Å². The Kier molecular flexibility index (Phi) is 7.17. The van der Waals surface area contributed by atoms with Crippen molar-refractivity contribution in [1.82, 2.24) is 25.7 Å². The zero-order valence-electron chi connectivity index (χ0n) is 21.0. The fourth-order valence-corrected chi connectivity index (χ4v) is 5.98. The summed E-state index contributed by atoms with van der Waals surface area (Å²) >= 11 is 0. The lowest BCUT2D eigenvalue weighted by atomic mass is 9.93. The number of carbonyl (C=O) groups excluding carboxylic acids is 4. The molecule has 0 radical (unpaired) electrons. The largest absolute Gasteiger partial charge is 0.471 e. The van der Waals surface area contributed by atoms with Crippen molar-refractivity contribution in [2.75, 3.05) is 6.54 Å². The molecule has 0 bridgehead atoms. The fraction of sp³-hybridized carbons (Fsp3) is 0.538. The molecule has 5 atom stereocenters. The summed E-state index contributed by atoms with van der Waals surface area (Å²) in [5, 5.41) is 13.7. The lowest BCUT2D eigenvalue weighted by Gasteiger charge is -2.31. The molecular weight excluding hydrogens is 517 g/mol. The lowest BCUT2D eigenvalue weighted by Crippen LogP contribution is -2.57. The number of nitrogens with zero attached hydrogens (tertiary/aromatic N) is 3. The number of halogens is 3.